The lowest BCUT2D eigenvalue weighted by atomic mass is 10.2. The summed E-state index contributed by atoms with van der Waals surface area (Å²) in [6, 6.07) is 10.4. The molecule has 0 fully saturated rings. The van der Waals surface area contributed by atoms with E-state index in [0.29, 0.717) is 0 Å². The highest BCUT2D eigenvalue weighted by Crippen LogP contribution is 2.24. The Kier molecular flexibility index (Phi) is 1.64. The Hall–Kier alpha value is -1.61. The van der Waals surface area contributed by atoms with Crippen molar-refractivity contribution in [3.63, 3.8) is 0 Å². The fourth-order valence-electron chi connectivity index (χ4n) is 1.55. The van der Waals surface area contributed by atoms with Crippen LogP contribution in [0.25, 0.3) is 21.6 Å². The van der Waals surface area contributed by atoms with E-state index in [1.54, 1.807) is 11.3 Å². The summed E-state index contributed by atoms with van der Waals surface area (Å²) in [5.41, 5.74) is 2.26. The minimum atomic E-state index is 1.04. The number of H-pyrrole nitrogens is 1. The largest absolute Gasteiger partial charge is 0.353 e. The molecule has 0 radical (unpaired) electrons. The average molecular weight is 200 g/mol. The van der Waals surface area contributed by atoms with E-state index in [2.05, 4.69) is 28.2 Å². The van der Waals surface area contributed by atoms with Crippen molar-refractivity contribution in [2.24, 2.45) is 0 Å². The second kappa shape index (κ2) is 2.96. The molecule has 0 atom stereocenters. The molecule has 0 unspecified atom stereocenters. The van der Waals surface area contributed by atoms with Gasteiger partial charge in [0, 0.05) is 22.5 Å². The summed E-state index contributed by atoms with van der Waals surface area (Å²) in [7, 11) is 0. The second-order valence-electron chi connectivity index (χ2n) is 3.11. The molecule has 0 aliphatic rings. The van der Waals surface area contributed by atoms with Crippen molar-refractivity contribution in [2.45, 2.75) is 0 Å². The van der Waals surface area contributed by atoms with E-state index in [1.165, 1.54) is 5.39 Å². The topological polar surface area (TPSA) is 28.7 Å². The molecule has 0 saturated carbocycles. The van der Waals surface area contributed by atoms with E-state index in [9.17, 15) is 0 Å². The maximum atomic E-state index is 4.27. The molecule has 68 valence electrons. The fourth-order valence-corrected chi connectivity index (χ4v) is 2.15. The average Bonchev–Trinajstić information content (AvgIpc) is 2.86. The molecule has 3 heteroatoms. The minimum Gasteiger partial charge on any atom is -0.353 e. The van der Waals surface area contributed by atoms with Gasteiger partial charge in [0.2, 0.25) is 0 Å². The Morgan fingerprint density at radius 1 is 1.21 bits per heavy atom. The molecule has 3 rings (SSSR count). The van der Waals surface area contributed by atoms with Gasteiger partial charge in [-0.3, -0.25) is 0 Å². The predicted octanol–water partition coefficient (Wildman–Crippen LogP) is 3.29. The van der Waals surface area contributed by atoms with Crippen LogP contribution in [-0.4, -0.2) is 9.97 Å². The number of thiazole rings is 1. The molecule has 14 heavy (non-hydrogen) atoms. The number of benzene rings is 1. The highest BCUT2D eigenvalue weighted by molar-refractivity contribution is 7.13. The monoisotopic (exact) mass is 200 g/mol. The van der Waals surface area contributed by atoms with Gasteiger partial charge < -0.3 is 4.98 Å². The van der Waals surface area contributed by atoms with Crippen LogP contribution in [0.5, 0.6) is 0 Å². The normalized spacial score (nSPS) is 10.9. The molecule has 0 spiro atoms. The summed E-state index contributed by atoms with van der Waals surface area (Å²) in [4.78, 5) is 7.61. The van der Waals surface area contributed by atoms with Gasteiger partial charge >= 0.3 is 0 Å². The molecule has 0 amide bonds. The molecule has 0 bridgehead atoms. The number of para-hydroxylation sites is 1. The summed E-state index contributed by atoms with van der Waals surface area (Å²) in [5, 5.41) is 4.26. The Labute approximate surface area is 85.2 Å². The van der Waals surface area contributed by atoms with Gasteiger partial charge in [0.1, 0.15) is 5.01 Å². The molecule has 1 N–H and O–H groups in total. The summed E-state index contributed by atoms with van der Waals surface area (Å²) >= 11 is 1.65. The molecule has 2 nitrogen and oxygen atoms in total. The zero-order valence-corrected chi connectivity index (χ0v) is 8.21. The third kappa shape index (κ3) is 1.14. The number of aromatic nitrogens is 2. The first-order valence-corrected chi connectivity index (χ1v) is 5.29. The van der Waals surface area contributed by atoms with E-state index in [0.717, 1.165) is 16.2 Å². The number of rotatable bonds is 1. The van der Waals surface area contributed by atoms with Crippen molar-refractivity contribution in [2.75, 3.05) is 0 Å². The quantitative estimate of drug-likeness (QED) is 0.641. The lowest BCUT2D eigenvalue weighted by Gasteiger charge is -1.87. The van der Waals surface area contributed by atoms with E-state index >= 15 is 0 Å². The summed E-state index contributed by atoms with van der Waals surface area (Å²) in [6.07, 6.45) is 1.82. The van der Waals surface area contributed by atoms with Crippen LogP contribution in [0.4, 0.5) is 0 Å². The third-order valence-electron chi connectivity index (χ3n) is 2.19. The van der Waals surface area contributed by atoms with Crippen molar-refractivity contribution in [1.29, 1.82) is 0 Å². The number of nitrogens with one attached hydrogen (secondary N) is 1. The molecule has 1 aromatic carbocycles. The van der Waals surface area contributed by atoms with Gasteiger partial charge in [-0.2, -0.15) is 0 Å². The van der Waals surface area contributed by atoms with Gasteiger partial charge in [-0.1, -0.05) is 18.2 Å². The van der Waals surface area contributed by atoms with Crippen LogP contribution >= 0.6 is 11.3 Å². The van der Waals surface area contributed by atoms with E-state index < -0.39 is 0 Å². The van der Waals surface area contributed by atoms with Gasteiger partial charge in [-0.15, -0.1) is 11.3 Å². The fraction of sp³-hybridized carbons (Fsp3) is 0. The lowest BCUT2D eigenvalue weighted by molar-refractivity contribution is 1.36. The SMILES string of the molecule is c1ccc2[nH]c(-c3nccs3)cc2c1. The molecular weight excluding hydrogens is 192 g/mol. The highest BCUT2D eigenvalue weighted by Gasteiger charge is 2.03. The van der Waals surface area contributed by atoms with Crippen LogP contribution in [0.2, 0.25) is 0 Å². The van der Waals surface area contributed by atoms with Crippen molar-refractivity contribution in [3.05, 3.63) is 41.9 Å². The van der Waals surface area contributed by atoms with E-state index in [-0.39, 0.29) is 0 Å². The number of hydrogen-bond donors (Lipinski definition) is 1. The van der Waals surface area contributed by atoms with Crippen LogP contribution in [0.15, 0.2) is 41.9 Å². The molecule has 0 aliphatic heterocycles. The van der Waals surface area contributed by atoms with Crippen LogP contribution in [0.3, 0.4) is 0 Å². The molecule has 0 saturated heterocycles. The van der Waals surface area contributed by atoms with Crippen LogP contribution < -0.4 is 0 Å². The Balaban J connectivity index is 2.24. The van der Waals surface area contributed by atoms with Crippen molar-refractivity contribution in [3.8, 4) is 10.7 Å². The molecule has 2 heterocycles. The van der Waals surface area contributed by atoms with Gasteiger partial charge in [0.25, 0.3) is 0 Å². The summed E-state index contributed by atoms with van der Waals surface area (Å²) < 4.78 is 0. The second-order valence-corrected chi connectivity index (χ2v) is 4.00. The van der Waals surface area contributed by atoms with Gasteiger partial charge in [-0.05, 0) is 12.1 Å². The standard InChI is InChI=1S/C11H8N2S/c1-2-4-9-8(3-1)7-10(13-9)11-12-5-6-14-11/h1-7,13H. The lowest BCUT2D eigenvalue weighted by Crippen LogP contribution is -1.72. The summed E-state index contributed by atoms with van der Waals surface area (Å²) in [6.45, 7) is 0. The van der Waals surface area contributed by atoms with Crippen LogP contribution in [0, 0.1) is 0 Å². The molecule has 2 aromatic heterocycles. The molecular formula is C11H8N2S. The predicted molar refractivity (Wildman–Crippen MR) is 59.4 cm³/mol. The first kappa shape index (κ1) is 7.76. The Morgan fingerprint density at radius 3 is 2.93 bits per heavy atom. The molecule has 0 aliphatic carbocycles. The van der Waals surface area contributed by atoms with E-state index in [4.69, 9.17) is 0 Å². The van der Waals surface area contributed by atoms with Crippen molar-refractivity contribution < 1.29 is 0 Å². The first-order valence-electron chi connectivity index (χ1n) is 4.41. The number of nitrogens with zero attached hydrogens (tertiary/aromatic N) is 1. The smallest absolute Gasteiger partial charge is 0.139 e. The zero-order chi connectivity index (χ0) is 9.38. The number of aromatic amines is 1. The van der Waals surface area contributed by atoms with Crippen LogP contribution in [-0.2, 0) is 0 Å². The number of fused-ring (bicyclic) bond motifs is 1. The van der Waals surface area contributed by atoms with Crippen molar-refractivity contribution in [1.82, 2.24) is 9.97 Å². The van der Waals surface area contributed by atoms with Gasteiger partial charge in [-0.25, -0.2) is 4.98 Å². The van der Waals surface area contributed by atoms with Crippen molar-refractivity contribution >= 4 is 22.2 Å². The Bertz CT molecular complexity index is 518. The zero-order valence-electron chi connectivity index (χ0n) is 7.40. The first-order chi connectivity index (χ1) is 6.93. The maximum Gasteiger partial charge on any atom is 0.139 e. The summed E-state index contributed by atoms with van der Waals surface area (Å²) in [5.74, 6) is 0. The molecule has 3 aromatic rings. The number of hydrogen-bond acceptors (Lipinski definition) is 2. The highest BCUT2D eigenvalue weighted by atomic mass is 32.1. The third-order valence-corrected chi connectivity index (χ3v) is 3.00. The maximum absolute atomic E-state index is 4.27. The van der Waals surface area contributed by atoms with Gasteiger partial charge in [0.05, 0.1) is 5.69 Å². The minimum absolute atomic E-state index is 1.04. The van der Waals surface area contributed by atoms with Crippen LogP contribution in [0.1, 0.15) is 0 Å². The Morgan fingerprint density at radius 2 is 2.14 bits per heavy atom. The van der Waals surface area contributed by atoms with Gasteiger partial charge in [0.15, 0.2) is 0 Å². The van der Waals surface area contributed by atoms with E-state index in [1.807, 2.05) is 23.7 Å².